The summed E-state index contributed by atoms with van der Waals surface area (Å²) in [5.74, 6) is -1.33. The van der Waals surface area contributed by atoms with E-state index in [1.54, 1.807) is 36.4 Å². The van der Waals surface area contributed by atoms with Gasteiger partial charge in [0.25, 0.3) is 5.91 Å². The SMILES string of the molecule is O=C(CC(NC(=O)c1ccccc1Cl)c1ccccc1)Nc1ccccc1F. The first-order valence-corrected chi connectivity index (χ1v) is 9.07. The molecule has 1 atom stereocenters. The smallest absolute Gasteiger partial charge is 0.253 e. The molecule has 0 aromatic heterocycles. The van der Waals surface area contributed by atoms with Crippen LogP contribution in [-0.2, 0) is 4.79 Å². The highest BCUT2D eigenvalue weighted by molar-refractivity contribution is 6.33. The fourth-order valence-corrected chi connectivity index (χ4v) is 2.99. The van der Waals surface area contributed by atoms with Crippen LogP contribution in [0, 0.1) is 5.82 Å². The van der Waals surface area contributed by atoms with Gasteiger partial charge in [0.2, 0.25) is 5.91 Å². The first-order chi connectivity index (χ1) is 13.5. The molecule has 28 heavy (non-hydrogen) atoms. The van der Waals surface area contributed by atoms with Gasteiger partial charge in [-0.05, 0) is 29.8 Å². The molecule has 0 aliphatic carbocycles. The van der Waals surface area contributed by atoms with E-state index >= 15 is 0 Å². The lowest BCUT2D eigenvalue weighted by Gasteiger charge is -2.19. The summed E-state index contributed by atoms with van der Waals surface area (Å²) >= 11 is 6.10. The highest BCUT2D eigenvalue weighted by atomic mass is 35.5. The number of benzene rings is 3. The number of carbonyl (C=O) groups excluding carboxylic acids is 2. The maximum Gasteiger partial charge on any atom is 0.253 e. The van der Waals surface area contributed by atoms with Crippen molar-refractivity contribution in [3.05, 3.63) is 101 Å². The van der Waals surface area contributed by atoms with Gasteiger partial charge in [-0.3, -0.25) is 9.59 Å². The lowest BCUT2D eigenvalue weighted by atomic mass is 10.0. The van der Waals surface area contributed by atoms with Crippen LogP contribution in [0.3, 0.4) is 0 Å². The molecular weight excluding hydrogens is 379 g/mol. The van der Waals surface area contributed by atoms with Gasteiger partial charge in [0, 0.05) is 0 Å². The van der Waals surface area contributed by atoms with Gasteiger partial charge in [-0.1, -0.05) is 66.2 Å². The molecule has 4 nitrogen and oxygen atoms in total. The van der Waals surface area contributed by atoms with Gasteiger partial charge in [-0.25, -0.2) is 4.39 Å². The summed E-state index contributed by atoms with van der Waals surface area (Å²) in [4.78, 5) is 25.1. The van der Waals surface area contributed by atoms with Gasteiger partial charge in [0.1, 0.15) is 5.82 Å². The molecule has 0 bridgehead atoms. The number of amides is 2. The lowest BCUT2D eigenvalue weighted by Crippen LogP contribution is -2.31. The maximum absolute atomic E-state index is 13.8. The van der Waals surface area contributed by atoms with Crippen LogP contribution in [0.25, 0.3) is 0 Å². The number of hydrogen-bond acceptors (Lipinski definition) is 2. The van der Waals surface area contributed by atoms with E-state index in [0.29, 0.717) is 10.6 Å². The summed E-state index contributed by atoms with van der Waals surface area (Å²) in [6.45, 7) is 0. The lowest BCUT2D eigenvalue weighted by molar-refractivity contribution is -0.116. The van der Waals surface area contributed by atoms with Crippen LogP contribution < -0.4 is 10.6 Å². The molecule has 142 valence electrons. The number of halogens is 2. The van der Waals surface area contributed by atoms with Crippen molar-refractivity contribution < 1.29 is 14.0 Å². The van der Waals surface area contributed by atoms with Crippen LogP contribution in [0.15, 0.2) is 78.9 Å². The third-order valence-electron chi connectivity index (χ3n) is 4.16. The van der Waals surface area contributed by atoms with E-state index in [9.17, 15) is 14.0 Å². The Balaban J connectivity index is 1.78. The molecule has 0 fully saturated rings. The summed E-state index contributed by atoms with van der Waals surface area (Å²) < 4.78 is 13.8. The Bertz CT molecular complexity index is 979. The van der Waals surface area contributed by atoms with E-state index in [-0.39, 0.29) is 12.1 Å². The average Bonchev–Trinajstić information content (AvgIpc) is 2.70. The van der Waals surface area contributed by atoms with Gasteiger partial charge in [-0.2, -0.15) is 0 Å². The minimum absolute atomic E-state index is 0.0610. The summed E-state index contributed by atoms with van der Waals surface area (Å²) in [5, 5.41) is 5.71. The number of para-hydroxylation sites is 1. The second kappa shape index (κ2) is 9.15. The number of hydrogen-bond donors (Lipinski definition) is 2. The quantitative estimate of drug-likeness (QED) is 0.617. The van der Waals surface area contributed by atoms with E-state index in [0.717, 1.165) is 5.56 Å². The monoisotopic (exact) mass is 396 g/mol. The number of carbonyl (C=O) groups is 2. The van der Waals surface area contributed by atoms with Gasteiger partial charge in [-0.15, -0.1) is 0 Å². The van der Waals surface area contributed by atoms with Crippen molar-refractivity contribution in [1.29, 1.82) is 0 Å². The van der Waals surface area contributed by atoms with Crippen molar-refractivity contribution in [2.45, 2.75) is 12.5 Å². The molecule has 2 amide bonds. The maximum atomic E-state index is 13.8. The van der Waals surface area contributed by atoms with Gasteiger partial charge in [0.15, 0.2) is 0 Å². The molecule has 0 radical (unpaired) electrons. The molecule has 0 aliphatic heterocycles. The number of rotatable bonds is 6. The number of anilines is 1. The van der Waals surface area contributed by atoms with Crippen LogP contribution in [0.2, 0.25) is 5.02 Å². The number of nitrogens with one attached hydrogen (secondary N) is 2. The van der Waals surface area contributed by atoms with Crippen molar-refractivity contribution >= 4 is 29.1 Å². The topological polar surface area (TPSA) is 58.2 Å². The molecule has 1 unspecified atom stereocenters. The van der Waals surface area contributed by atoms with Crippen molar-refractivity contribution in [3.8, 4) is 0 Å². The molecule has 0 spiro atoms. The minimum Gasteiger partial charge on any atom is -0.345 e. The molecule has 3 aromatic carbocycles. The van der Waals surface area contributed by atoms with E-state index in [1.807, 2.05) is 30.3 Å². The van der Waals surface area contributed by atoms with E-state index in [2.05, 4.69) is 10.6 Å². The minimum atomic E-state index is -0.600. The highest BCUT2D eigenvalue weighted by Gasteiger charge is 2.21. The normalized spacial score (nSPS) is 11.5. The van der Waals surface area contributed by atoms with Crippen molar-refractivity contribution in [3.63, 3.8) is 0 Å². The van der Waals surface area contributed by atoms with Crippen LogP contribution >= 0.6 is 11.6 Å². The molecule has 3 aromatic rings. The van der Waals surface area contributed by atoms with Crippen LogP contribution in [0.1, 0.15) is 28.4 Å². The zero-order chi connectivity index (χ0) is 19.9. The Morgan fingerprint density at radius 2 is 1.54 bits per heavy atom. The average molecular weight is 397 g/mol. The van der Waals surface area contributed by atoms with E-state index < -0.39 is 23.7 Å². The second-order valence-electron chi connectivity index (χ2n) is 6.15. The molecule has 3 rings (SSSR count). The third-order valence-corrected chi connectivity index (χ3v) is 4.49. The van der Waals surface area contributed by atoms with E-state index in [1.165, 1.54) is 12.1 Å². The van der Waals surface area contributed by atoms with E-state index in [4.69, 9.17) is 11.6 Å². The Morgan fingerprint density at radius 3 is 2.25 bits per heavy atom. The predicted molar refractivity (Wildman–Crippen MR) is 108 cm³/mol. The third kappa shape index (κ3) is 4.96. The van der Waals surface area contributed by atoms with Crippen LogP contribution in [0.5, 0.6) is 0 Å². The fraction of sp³-hybridized carbons (Fsp3) is 0.0909. The largest absolute Gasteiger partial charge is 0.345 e. The van der Waals surface area contributed by atoms with Crippen molar-refractivity contribution in [1.82, 2.24) is 5.32 Å². The Labute approximate surface area is 167 Å². The first-order valence-electron chi connectivity index (χ1n) is 8.69. The molecule has 6 heteroatoms. The predicted octanol–water partition coefficient (Wildman–Crippen LogP) is 4.98. The fourth-order valence-electron chi connectivity index (χ4n) is 2.77. The zero-order valence-electron chi connectivity index (χ0n) is 14.9. The Morgan fingerprint density at radius 1 is 0.893 bits per heavy atom. The van der Waals surface area contributed by atoms with Crippen LogP contribution in [-0.4, -0.2) is 11.8 Å². The highest BCUT2D eigenvalue weighted by Crippen LogP contribution is 2.21. The van der Waals surface area contributed by atoms with Gasteiger partial charge < -0.3 is 10.6 Å². The van der Waals surface area contributed by atoms with Crippen molar-refractivity contribution in [2.24, 2.45) is 0 Å². The molecule has 0 saturated heterocycles. The molecule has 0 saturated carbocycles. The molecule has 0 heterocycles. The molecule has 2 N–H and O–H groups in total. The van der Waals surface area contributed by atoms with Gasteiger partial charge in [0.05, 0.1) is 28.7 Å². The van der Waals surface area contributed by atoms with Crippen molar-refractivity contribution in [2.75, 3.05) is 5.32 Å². The standard InChI is InChI=1S/C22H18ClFN2O2/c23-17-11-5-4-10-16(17)22(28)26-20(15-8-2-1-3-9-15)14-21(27)25-19-13-7-6-12-18(19)24/h1-13,20H,14H2,(H,25,27)(H,26,28). The zero-order valence-corrected chi connectivity index (χ0v) is 15.6. The summed E-state index contributed by atoms with van der Waals surface area (Å²) in [5.41, 5.74) is 1.17. The van der Waals surface area contributed by atoms with Gasteiger partial charge >= 0.3 is 0 Å². The summed E-state index contributed by atoms with van der Waals surface area (Å²) in [6, 6.07) is 21.1. The first kappa shape index (κ1) is 19.6. The summed E-state index contributed by atoms with van der Waals surface area (Å²) in [7, 11) is 0. The second-order valence-corrected chi connectivity index (χ2v) is 6.56. The Kier molecular flexibility index (Phi) is 6.40. The molecular formula is C22H18ClFN2O2. The van der Waals surface area contributed by atoms with Crippen LogP contribution in [0.4, 0.5) is 10.1 Å². The summed E-state index contributed by atoms with van der Waals surface area (Å²) in [6.07, 6.45) is -0.0610. The Hall–Kier alpha value is -3.18. The molecule has 0 aliphatic rings.